The number of piperidine rings is 1. The second-order valence-corrected chi connectivity index (χ2v) is 7.23. The zero-order valence-electron chi connectivity index (χ0n) is 12.8. The summed E-state index contributed by atoms with van der Waals surface area (Å²) in [6.45, 7) is 5.40. The SMILES string of the molecule is CCCNC1CC2CCC(C1)N2c1c(Cl)ccc(C)c1Cl. The maximum absolute atomic E-state index is 6.57. The molecule has 2 saturated heterocycles. The van der Waals surface area contributed by atoms with Gasteiger partial charge in [-0.15, -0.1) is 0 Å². The Morgan fingerprint density at radius 1 is 1.19 bits per heavy atom. The number of fused-ring (bicyclic) bond motifs is 2. The summed E-state index contributed by atoms with van der Waals surface area (Å²) in [5, 5.41) is 5.32. The van der Waals surface area contributed by atoms with Crippen LogP contribution < -0.4 is 10.2 Å². The van der Waals surface area contributed by atoms with E-state index < -0.39 is 0 Å². The highest BCUT2D eigenvalue weighted by Crippen LogP contribution is 2.45. The molecule has 2 fully saturated rings. The van der Waals surface area contributed by atoms with Crippen LogP contribution in [0, 0.1) is 6.92 Å². The second-order valence-electron chi connectivity index (χ2n) is 6.44. The van der Waals surface area contributed by atoms with Crippen LogP contribution in [0.3, 0.4) is 0 Å². The lowest BCUT2D eigenvalue weighted by Crippen LogP contribution is -2.49. The molecule has 2 bridgehead atoms. The van der Waals surface area contributed by atoms with Gasteiger partial charge in [0.05, 0.1) is 15.7 Å². The van der Waals surface area contributed by atoms with E-state index in [1.54, 1.807) is 0 Å². The minimum atomic E-state index is 0.579. The molecule has 0 amide bonds. The summed E-state index contributed by atoms with van der Waals surface area (Å²) in [5.41, 5.74) is 2.18. The van der Waals surface area contributed by atoms with E-state index in [-0.39, 0.29) is 0 Å². The number of nitrogens with zero attached hydrogens (tertiary/aromatic N) is 1. The van der Waals surface area contributed by atoms with Crippen LogP contribution in [0.4, 0.5) is 5.69 Å². The monoisotopic (exact) mass is 326 g/mol. The number of rotatable bonds is 4. The molecule has 2 unspecified atom stereocenters. The van der Waals surface area contributed by atoms with Crippen LogP contribution in [0.2, 0.25) is 10.0 Å². The van der Waals surface area contributed by atoms with Gasteiger partial charge in [0.15, 0.2) is 0 Å². The molecule has 0 saturated carbocycles. The lowest BCUT2D eigenvalue weighted by atomic mass is 9.96. The molecule has 2 heterocycles. The quantitative estimate of drug-likeness (QED) is 0.854. The third-order valence-electron chi connectivity index (χ3n) is 4.93. The van der Waals surface area contributed by atoms with E-state index in [4.69, 9.17) is 23.2 Å². The van der Waals surface area contributed by atoms with E-state index >= 15 is 0 Å². The van der Waals surface area contributed by atoms with Crippen molar-refractivity contribution in [3.8, 4) is 0 Å². The lowest BCUT2D eigenvalue weighted by molar-refractivity contribution is 0.357. The van der Waals surface area contributed by atoms with Crippen molar-refractivity contribution in [1.29, 1.82) is 0 Å². The molecule has 1 N–H and O–H groups in total. The van der Waals surface area contributed by atoms with E-state index in [2.05, 4.69) is 24.1 Å². The van der Waals surface area contributed by atoms with Gasteiger partial charge in [-0.3, -0.25) is 0 Å². The maximum Gasteiger partial charge on any atom is 0.0752 e. The smallest absolute Gasteiger partial charge is 0.0752 e. The molecule has 2 atom stereocenters. The summed E-state index contributed by atoms with van der Waals surface area (Å²) >= 11 is 13.0. The fraction of sp³-hybridized carbons (Fsp3) is 0.647. The summed E-state index contributed by atoms with van der Waals surface area (Å²) in [4.78, 5) is 2.52. The Kier molecular flexibility index (Phi) is 4.68. The van der Waals surface area contributed by atoms with Crippen LogP contribution in [0.1, 0.15) is 44.6 Å². The van der Waals surface area contributed by atoms with Gasteiger partial charge in [-0.1, -0.05) is 36.2 Å². The number of benzene rings is 1. The highest BCUT2D eigenvalue weighted by atomic mass is 35.5. The predicted octanol–water partition coefficient (Wildman–Crippen LogP) is 4.80. The summed E-state index contributed by atoms with van der Waals surface area (Å²) < 4.78 is 0. The van der Waals surface area contributed by atoms with Gasteiger partial charge >= 0.3 is 0 Å². The first kappa shape index (κ1) is 15.5. The van der Waals surface area contributed by atoms with E-state index in [0.29, 0.717) is 18.1 Å². The summed E-state index contributed by atoms with van der Waals surface area (Å²) in [6, 6.07) is 5.80. The van der Waals surface area contributed by atoms with Crippen molar-refractivity contribution in [2.75, 3.05) is 11.4 Å². The van der Waals surface area contributed by atoms with Gasteiger partial charge in [0.1, 0.15) is 0 Å². The van der Waals surface area contributed by atoms with Gasteiger partial charge in [-0.25, -0.2) is 0 Å². The highest BCUT2D eigenvalue weighted by molar-refractivity contribution is 6.39. The molecular weight excluding hydrogens is 303 g/mol. The molecular formula is C17H24Cl2N2. The lowest BCUT2D eigenvalue weighted by Gasteiger charge is -2.42. The van der Waals surface area contributed by atoms with Crippen LogP contribution in [-0.2, 0) is 0 Å². The van der Waals surface area contributed by atoms with Crippen LogP contribution in [0.25, 0.3) is 0 Å². The largest absolute Gasteiger partial charge is 0.363 e. The first-order valence-corrected chi connectivity index (χ1v) is 8.83. The summed E-state index contributed by atoms with van der Waals surface area (Å²) in [7, 11) is 0. The Labute approximate surface area is 137 Å². The molecule has 2 nitrogen and oxygen atoms in total. The number of halogens is 2. The van der Waals surface area contributed by atoms with E-state index in [0.717, 1.165) is 27.8 Å². The molecule has 0 aromatic heterocycles. The molecule has 2 aliphatic heterocycles. The van der Waals surface area contributed by atoms with Crippen molar-refractivity contribution in [3.05, 3.63) is 27.7 Å². The van der Waals surface area contributed by atoms with Gasteiger partial charge in [-0.05, 0) is 57.2 Å². The number of nitrogens with one attached hydrogen (secondary N) is 1. The van der Waals surface area contributed by atoms with Gasteiger partial charge in [-0.2, -0.15) is 0 Å². The van der Waals surface area contributed by atoms with Gasteiger partial charge in [0.25, 0.3) is 0 Å². The molecule has 2 aliphatic rings. The third-order valence-corrected chi connectivity index (χ3v) is 5.72. The molecule has 4 heteroatoms. The molecule has 0 aliphatic carbocycles. The molecule has 1 aromatic rings. The number of anilines is 1. The normalized spacial score (nSPS) is 28.2. The zero-order valence-corrected chi connectivity index (χ0v) is 14.3. The Morgan fingerprint density at radius 2 is 1.86 bits per heavy atom. The average molecular weight is 327 g/mol. The summed E-state index contributed by atoms with van der Waals surface area (Å²) in [6.07, 6.45) is 6.13. The number of hydrogen-bond donors (Lipinski definition) is 1. The van der Waals surface area contributed by atoms with Crippen molar-refractivity contribution in [2.24, 2.45) is 0 Å². The van der Waals surface area contributed by atoms with Crippen molar-refractivity contribution in [1.82, 2.24) is 5.32 Å². The van der Waals surface area contributed by atoms with Crippen molar-refractivity contribution in [3.63, 3.8) is 0 Å². The Morgan fingerprint density at radius 3 is 2.48 bits per heavy atom. The maximum atomic E-state index is 6.57. The predicted molar refractivity (Wildman–Crippen MR) is 91.8 cm³/mol. The van der Waals surface area contributed by atoms with E-state index in [1.807, 2.05) is 12.1 Å². The van der Waals surface area contributed by atoms with Crippen molar-refractivity contribution < 1.29 is 0 Å². The van der Waals surface area contributed by atoms with Crippen LogP contribution >= 0.6 is 23.2 Å². The second kappa shape index (κ2) is 6.36. The minimum absolute atomic E-state index is 0.579. The molecule has 21 heavy (non-hydrogen) atoms. The molecule has 0 radical (unpaired) electrons. The Bertz CT molecular complexity index is 504. The first-order chi connectivity index (χ1) is 10.1. The average Bonchev–Trinajstić information content (AvgIpc) is 2.72. The summed E-state index contributed by atoms with van der Waals surface area (Å²) in [5.74, 6) is 0. The Balaban J connectivity index is 1.84. The minimum Gasteiger partial charge on any atom is -0.363 e. The van der Waals surface area contributed by atoms with Crippen LogP contribution in [0.5, 0.6) is 0 Å². The van der Waals surface area contributed by atoms with Gasteiger partial charge < -0.3 is 10.2 Å². The zero-order chi connectivity index (χ0) is 15.0. The van der Waals surface area contributed by atoms with E-state index in [1.165, 1.54) is 32.1 Å². The Hall–Kier alpha value is -0.440. The number of aryl methyl sites for hydroxylation is 1. The van der Waals surface area contributed by atoms with Crippen LogP contribution in [-0.4, -0.2) is 24.7 Å². The molecule has 116 valence electrons. The molecule has 0 spiro atoms. The highest BCUT2D eigenvalue weighted by Gasteiger charge is 2.42. The first-order valence-electron chi connectivity index (χ1n) is 8.08. The molecule has 3 rings (SSSR count). The van der Waals surface area contributed by atoms with Crippen LogP contribution in [0.15, 0.2) is 12.1 Å². The fourth-order valence-electron chi connectivity index (χ4n) is 3.94. The fourth-order valence-corrected chi connectivity index (χ4v) is 4.50. The molecule has 1 aromatic carbocycles. The van der Waals surface area contributed by atoms with Gasteiger partial charge in [0, 0.05) is 18.1 Å². The van der Waals surface area contributed by atoms with Gasteiger partial charge in [0.2, 0.25) is 0 Å². The third kappa shape index (κ3) is 2.91. The standard InChI is InChI=1S/C17H24Cl2N2/c1-3-8-20-12-9-13-5-6-14(10-12)21(13)17-15(18)7-4-11(2)16(17)19/h4,7,12-14,20H,3,5-6,8-10H2,1-2H3. The topological polar surface area (TPSA) is 15.3 Å². The van der Waals surface area contributed by atoms with Crippen molar-refractivity contribution in [2.45, 2.75) is 64.1 Å². The number of hydrogen-bond acceptors (Lipinski definition) is 2. The van der Waals surface area contributed by atoms with Crippen molar-refractivity contribution >= 4 is 28.9 Å². The van der Waals surface area contributed by atoms with E-state index in [9.17, 15) is 0 Å².